The maximum Gasteiger partial charge on any atom is 0.216 e. The summed E-state index contributed by atoms with van der Waals surface area (Å²) in [4.78, 5) is 11.3. The fourth-order valence-electron chi connectivity index (χ4n) is 4.52. The van der Waals surface area contributed by atoms with Gasteiger partial charge in [0.25, 0.3) is 0 Å². The number of hydrogen-bond donors (Lipinski definition) is 1. The van der Waals surface area contributed by atoms with Crippen molar-refractivity contribution in [1.82, 2.24) is 5.32 Å². The maximum absolute atomic E-state index is 15.2. The molecule has 4 rings (SSSR count). The van der Waals surface area contributed by atoms with E-state index in [0.717, 1.165) is 46.8 Å². The quantitative estimate of drug-likeness (QED) is 0.323. The zero-order chi connectivity index (χ0) is 24.6. The van der Waals surface area contributed by atoms with E-state index < -0.39 is 0 Å². The van der Waals surface area contributed by atoms with Crippen molar-refractivity contribution in [3.63, 3.8) is 0 Å². The molecule has 3 aromatic rings. The molecule has 0 saturated heterocycles. The number of carbonyl (C=O) groups excluding carboxylic acids is 1. The minimum Gasteiger partial charge on any atom is -0.490 e. The summed E-state index contributed by atoms with van der Waals surface area (Å²) < 4.78 is 28.6. The van der Waals surface area contributed by atoms with E-state index in [0.29, 0.717) is 30.9 Å². The van der Waals surface area contributed by atoms with Crippen LogP contribution in [0, 0.1) is 5.82 Å². The van der Waals surface area contributed by atoms with E-state index in [9.17, 15) is 4.79 Å². The van der Waals surface area contributed by atoms with Crippen molar-refractivity contribution in [3.8, 4) is 16.9 Å². The van der Waals surface area contributed by atoms with E-state index in [1.54, 1.807) is 0 Å². The molecular formula is C29H31BrFNO3. The number of ether oxygens (including phenoxy) is 2. The number of hydrogen-bond acceptors (Lipinski definition) is 3. The molecule has 0 aliphatic heterocycles. The fraction of sp³-hybridized carbons (Fsp3) is 0.345. The Bertz CT molecular complexity index is 1130. The smallest absolute Gasteiger partial charge is 0.216 e. The summed E-state index contributed by atoms with van der Waals surface area (Å²) in [6.07, 6.45) is 4.24. The van der Waals surface area contributed by atoms with Gasteiger partial charge in [0.1, 0.15) is 11.6 Å². The first-order valence-electron chi connectivity index (χ1n) is 12.1. The number of nitrogens with one attached hydrogen (secondary N) is 1. The van der Waals surface area contributed by atoms with E-state index in [4.69, 9.17) is 9.47 Å². The van der Waals surface area contributed by atoms with Crippen molar-refractivity contribution < 1.29 is 18.7 Å². The van der Waals surface area contributed by atoms with Gasteiger partial charge >= 0.3 is 0 Å². The van der Waals surface area contributed by atoms with Crippen molar-refractivity contribution >= 4 is 21.8 Å². The Balaban J connectivity index is 1.39. The average Bonchev–Trinajstić information content (AvgIpc) is 2.85. The summed E-state index contributed by atoms with van der Waals surface area (Å²) >= 11 is 3.50. The highest BCUT2D eigenvalue weighted by Gasteiger charge is 2.24. The molecule has 4 nitrogen and oxygen atoms in total. The van der Waals surface area contributed by atoms with Gasteiger partial charge in [-0.3, -0.25) is 4.79 Å². The lowest BCUT2D eigenvalue weighted by Gasteiger charge is -2.29. The molecule has 0 heterocycles. The first-order chi connectivity index (χ1) is 17.0. The topological polar surface area (TPSA) is 47.6 Å². The van der Waals surface area contributed by atoms with Crippen LogP contribution in [0.15, 0.2) is 71.2 Å². The normalized spacial score (nSPS) is 17.7. The number of rotatable bonds is 9. The van der Waals surface area contributed by atoms with E-state index in [2.05, 4.69) is 33.4 Å². The molecule has 0 bridgehead atoms. The van der Waals surface area contributed by atoms with Gasteiger partial charge in [-0.15, -0.1) is 0 Å². The van der Waals surface area contributed by atoms with E-state index >= 15 is 4.39 Å². The van der Waals surface area contributed by atoms with Crippen LogP contribution in [0.2, 0.25) is 0 Å². The van der Waals surface area contributed by atoms with E-state index in [-0.39, 0.29) is 23.9 Å². The van der Waals surface area contributed by atoms with Crippen LogP contribution in [-0.2, 0) is 22.6 Å². The molecule has 0 atom stereocenters. The highest BCUT2D eigenvalue weighted by molar-refractivity contribution is 9.10. The minimum atomic E-state index is -0.308. The van der Waals surface area contributed by atoms with Crippen LogP contribution in [0.3, 0.4) is 0 Å². The van der Waals surface area contributed by atoms with Gasteiger partial charge < -0.3 is 14.8 Å². The summed E-state index contributed by atoms with van der Waals surface area (Å²) in [7, 11) is 0. The molecule has 35 heavy (non-hydrogen) atoms. The lowest BCUT2D eigenvalue weighted by Crippen LogP contribution is -2.28. The molecule has 6 heteroatoms. The zero-order valence-electron chi connectivity index (χ0n) is 19.9. The summed E-state index contributed by atoms with van der Waals surface area (Å²) in [6.45, 7) is 2.45. The third kappa shape index (κ3) is 7.39. The predicted octanol–water partition coefficient (Wildman–Crippen LogP) is 6.84. The van der Waals surface area contributed by atoms with Crippen LogP contribution >= 0.6 is 15.9 Å². The second-order valence-corrected chi connectivity index (χ2v) is 9.90. The van der Waals surface area contributed by atoms with Crippen LogP contribution in [0.5, 0.6) is 5.75 Å². The number of halogens is 2. The second-order valence-electron chi connectivity index (χ2n) is 8.99. The van der Waals surface area contributed by atoms with Crippen molar-refractivity contribution in [1.29, 1.82) is 0 Å². The van der Waals surface area contributed by atoms with Crippen LogP contribution in [0.4, 0.5) is 4.39 Å². The molecule has 3 aromatic carbocycles. The lowest BCUT2D eigenvalue weighted by molar-refractivity contribution is -0.118. The Kier molecular flexibility index (Phi) is 8.94. The fourth-order valence-corrected chi connectivity index (χ4v) is 4.97. The summed E-state index contributed by atoms with van der Waals surface area (Å²) in [5.41, 5.74) is 3.47. The van der Waals surface area contributed by atoms with Gasteiger partial charge in [0.2, 0.25) is 5.91 Å². The average molecular weight is 540 g/mol. The molecule has 1 saturated carbocycles. The van der Waals surface area contributed by atoms with Gasteiger partial charge in [0.15, 0.2) is 0 Å². The van der Waals surface area contributed by atoms with Gasteiger partial charge in [0.05, 0.1) is 18.8 Å². The SMILES string of the molecule is CC(=O)NCCc1c(F)cc(OC2CCC(OCc3cccc(Br)c3)CC2)cc1-c1ccccc1. The van der Waals surface area contributed by atoms with Gasteiger partial charge in [-0.25, -0.2) is 4.39 Å². The van der Waals surface area contributed by atoms with Crippen LogP contribution in [0.1, 0.15) is 43.7 Å². The Morgan fingerprint density at radius 1 is 1.00 bits per heavy atom. The molecule has 184 valence electrons. The Hall–Kier alpha value is -2.70. The molecular weight excluding hydrogens is 509 g/mol. The zero-order valence-corrected chi connectivity index (χ0v) is 21.5. The number of carbonyl (C=O) groups is 1. The van der Waals surface area contributed by atoms with E-state index in [1.165, 1.54) is 13.0 Å². The standard InChI is InChI=1S/C29H31BrFNO3/c1-20(33)32-15-14-27-28(22-7-3-2-4-8-22)17-26(18-29(27)31)35-25-12-10-24(11-13-25)34-19-21-6-5-9-23(30)16-21/h2-9,16-18,24-25H,10-15,19H2,1H3,(H,32,33). The molecule has 0 spiro atoms. The van der Waals surface area contributed by atoms with Crippen molar-refractivity contribution in [3.05, 3.63) is 88.1 Å². The van der Waals surface area contributed by atoms with Gasteiger partial charge in [-0.05, 0) is 72.6 Å². The Morgan fingerprint density at radius 2 is 1.74 bits per heavy atom. The summed E-state index contributed by atoms with van der Waals surface area (Å²) in [5, 5.41) is 2.76. The molecule has 1 amide bonds. The largest absolute Gasteiger partial charge is 0.490 e. The monoisotopic (exact) mass is 539 g/mol. The highest BCUT2D eigenvalue weighted by atomic mass is 79.9. The third-order valence-electron chi connectivity index (χ3n) is 6.30. The lowest BCUT2D eigenvalue weighted by atomic mass is 9.94. The Labute approximate surface area is 215 Å². The number of benzene rings is 3. The van der Waals surface area contributed by atoms with Crippen molar-refractivity contribution in [2.24, 2.45) is 0 Å². The molecule has 1 aliphatic carbocycles. The van der Waals surface area contributed by atoms with Gasteiger partial charge in [0, 0.05) is 24.0 Å². The van der Waals surface area contributed by atoms with Crippen molar-refractivity contribution in [2.45, 2.75) is 57.8 Å². The second kappa shape index (κ2) is 12.3. The molecule has 1 fully saturated rings. The molecule has 0 aromatic heterocycles. The van der Waals surface area contributed by atoms with Gasteiger partial charge in [-0.2, -0.15) is 0 Å². The minimum absolute atomic E-state index is 0.0361. The van der Waals surface area contributed by atoms with Crippen molar-refractivity contribution in [2.75, 3.05) is 6.54 Å². The third-order valence-corrected chi connectivity index (χ3v) is 6.79. The van der Waals surface area contributed by atoms with Crippen LogP contribution in [-0.4, -0.2) is 24.7 Å². The van der Waals surface area contributed by atoms with Crippen LogP contribution < -0.4 is 10.1 Å². The van der Waals surface area contributed by atoms with E-state index in [1.807, 2.05) is 48.5 Å². The molecule has 1 N–H and O–H groups in total. The summed E-state index contributed by atoms with van der Waals surface area (Å²) in [5.74, 6) is 0.115. The summed E-state index contributed by atoms with van der Waals surface area (Å²) in [6, 6.07) is 21.3. The maximum atomic E-state index is 15.2. The number of amides is 1. The first kappa shape index (κ1) is 25.4. The molecule has 0 radical (unpaired) electrons. The first-order valence-corrected chi connectivity index (χ1v) is 12.9. The Morgan fingerprint density at radius 3 is 2.46 bits per heavy atom. The molecule has 1 aliphatic rings. The molecule has 0 unspecified atom stereocenters. The van der Waals surface area contributed by atoms with Crippen LogP contribution in [0.25, 0.3) is 11.1 Å². The van der Waals surface area contributed by atoms with Gasteiger partial charge in [-0.1, -0.05) is 58.4 Å². The predicted molar refractivity (Wildman–Crippen MR) is 140 cm³/mol. The highest BCUT2D eigenvalue weighted by Crippen LogP contribution is 2.33.